The van der Waals surface area contributed by atoms with Gasteiger partial charge in [-0.15, -0.1) is 0 Å². The molecule has 3 rings (SSSR count). The van der Waals surface area contributed by atoms with Crippen molar-refractivity contribution in [2.45, 2.75) is 38.3 Å². The zero-order chi connectivity index (χ0) is 22.3. The van der Waals surface area contributed by atoms with Crippen molar-refractivity contribution in [2.75, 3.05) is 20.1 Å². The highest BCUT2D eigenvalue weighted by molar-refractivity contribution is 6.06. The number of nitrogens with one attached hydrogen (secondary N) is 2. The zero-order valence-electron chi connectivity index (χ0n) is 17.2. The summed E-state index contributed by atoms with van der Waals surface area (Å²) in [7, 11) is 1.95. The number of nitriles is 1. The Bertz CT molecular complexity index is 948. The van der Waals surface area contributed by atoms with Crippen molar-refractivity contribution < 1.29 is 21.2 Å². The predicted molar refractivity (Wildman–Crippen MR) is 113 cm³/mol. The van der Waals surface area contributed by atoms with Crippen molar-refractivity contribution in [2.24, 2.45) is 0 Å². The summed E-state index contributed by atoms with van der Waals surface area (Å²) in [6, 6.07) is 9.70. The van der Waals surface area contributed by atoms with Gasteiger partial charge in [-0.2, -0.15) is 5.26 Å². The Hall–Kier alpha value is -3.12. The Morgan fingerprint density at radius 3 is 2.67 bits per heavy atom. The third-order valence-corrected chi connectivity index (χ3v) is 4.61. The number of hydrogen-bond donors (Lipinski definition) is 2. The van der Waals surface area contributed by atoms with Crippen LogP contribution in [0.3, 0.4) is 0 Å². The van der Waals surface area contributed by atoms with Crippen LogP contribution in [-0.2, 0) is 4.79 Å². The van der Waals surface area contributed by atoms with E-state index < -0.39 is 43.3 Å². The molecule has 1 aromatic carbocycles. The number of pyridine rings is 1. The van der Waals surface area contributed by atoms with Crippen LogP contribution in [0.5, 0.6) is 0 Å². The van der Waals surface area contributed by atoms with Crippen LogP contribution in [0, 0.1) is 11.3 Å². The number of benzene rings is 1. The van der Waals surface area contributed by atoms with E-state index in [0.717, 1.165) is 4.90 Å². The zero-order valence-corrected chi connectivity index (χ0v) is 17.2. The third kappa shape index (κ3) is 5.94. The Morgan fingerprint density at radius 2 is 2.03 bits per heavy atom. The van der Waals surface area contributed by atoms with E-state index in [-0.39, 0.29) is 2.85 Å². The number of aromatic nitrogens is 1. The lowest BCUT2D eigenvalue weighted by atomic mass is 10.1. The molecule has 0 radical (unpaired) electrons. The highest BCUT2D eigenvalue weighted by Crippen LogP contribution is 2.31. The van der Waals surface area contributed by atoms with Gasteiger partial charge in [-0.3, -0.25) is 14.6 Å². The van der Waals surface area contributed by atoms with Crippen LogP contribution in [0.2, 0.25) is 0 Å². The Morgan fingerprint density at radius 1 is 1.37 bits per heavy atom. The van der Waals surface area contributed by atoms with Gasteiger partial charge in [-0.25, -0.2) is 8.78 Å². The monoisotopic (exact) mass is 421 g/mol. The van der Waals surface area contributed by atoms with Crippen LogP contribution in [-0.4, -0.2) is 59.8 Å². The topological polar surface area (TPSA) is 98.1 Å². The number of fused-ring (bicyclic) bond motifs is 1. The van der Waals surface area contributed by atoms with Gasteiger partial charge in [0.25, 0.3) is 11.8 Å². The fraction of sp³-hybridized carbons (Fsp3) is 0.429. The molecule has 1 aliphatic rings. The average Bonchev–Trinajstić information content (AvgIpc) is 3.06. The highest BCUT2D eigenvalue weighted by atomic mass is 19.3. The first-order valence-electron chi connectivity index (χ1n) is 9.54. The molecule has 2 aromatic rings. The van der Waals surface area contributed by atoms with Crippen LogP contribution in [0.15, 0.2) is 36.5 Å². The van der Waals surface area contributed by atoms with E-state index in [1.165, 1.54) is 12.3 Å². The minimum atomic E-state index is -3.08. The number of halogens is 2. The third-order valence-electron chi connectivity index (χ3n) is 4.61. The summed E-state index contributed by atoms with van der Waals surface area (Å²) in [5.74, 6) is -4.30. The van der Waals surface area contributed by atoms with Crippen LogP contribution in [0.4, 0.5) is 8.78 Å². The van der Waals surface area contributed by atoms with E-state index in [4.69, 9.17) is 5.26 Å². The number of alkyl halides is 2. The molecule has 9 heteroatoms. The summed E-state index contributed by atoms with van der Waals surface area (Å²) in [6.07, 6.45) is 0.796. The molecule has 0 aliphatic carbocycles. The largest absolute Gasteiger partial charge is 0.343 e. The molecule has 1 atom stereocenters. The molecule has 30 heavy (non-hydrogen) atoms. The van der Waals surface area contributed by atoms with E-state index in [2.05, 4.69) is 29.5 Å². The normalized spacial score (nSPS) is 17.2. The van der Waals surface area contributed by atoms with Crippen molar-refractivity contribution in [3.63, 3.8) is 0 Å². The Labute approximate surface area is 177 Å². The van der Waals surface area contributed by atoms with Crippen molar-refractivity contribution in [1.29, 1.82) is 5.26 Å². The van der Waals surface area contributed by atoms with Gasteiger partial charge in [0.05, 0.1) is 30.2 Å². The maximum Gasteiger partial charge on any atom is 0.268 e. The van der Waals surface area contributed by atoms with Crippen molar-refractivity contribution in [3.8, 4) is 6.07 Å². The number of amides is 2. The van der Waals surface area contributed by atoms with Crippen LogP contribution in [0.25, 0.3) is 10.9 Å². The number of para-hydroxylation sites is 1. The first-order valence-corrected chi connectivity index (χ1v) is 9.54. The molecule has 2 heterocycles. The predicted octanol–water partition coefficient (Wildman–Crippen LogP) is 2.83. The van der Waals surface area contributed by atoms with E-state index >= 15 is 0 Å². The molecule has 1 unspecified atom stereocenters. The lowest BCUT2D eigenvalue weighted by Gasteiger charge is -2.19. The second kappa shape index (κ2) is 10.1. The number of likely N-dealkylation sites (tertiary alicyclic amines) is 1. The van der Waals surface area contributed by atoms with Gasteiger partial charge < -0.3 is 15.5 Å². The van der Waals surface area contributed by atoms with Gasteiger partial charge in [-0.05, 0) is 19.2 Å². The summed E-state index contributed by atoms with van der Waals surface area (Å²) >= 11 is 0. The van der Waals surface area contributed by atoms with Crippen molar-refractivity contribution >= 4 is 22.7 Å². The molecule has 0 saturated carbocycles. The fourth-order valence-corrected chi connectivity index (χ4v) is 2.84. The number of carbonyl (C=O) groups excluding carboxylic acids is 2. The van der Waals surface area contributed by atoms with Gasteiger partial charge >= 0.3 is 0 Å². The smallest absolute Gasteiger partial charge is 0.268 e. The Balaban J connectivity index is 0.00000124. The molecule has 1 fully saturated rings. The van der Waals surface area contributed by atoms with Crippen molar-refractivity contribution in [1.82, 2.24) is 20.5 Å². The van der Waals surface area contributed by atoms with Crippen LogP contribution in [0.1, 0.15) is 33.5 Å². The summed E-state index contributed by atoms with van der Waals surface area (Å²) < 4.78 is 26.8. The summed E-state index contributed by atoms with van der Waals surface area (Å²) in [6.45, 7) is 2.96. The lowest BCUT2D eigenvalue weighted by molar-refractivity contribution is -0.131. The maximum atomic E-state index is 13.4. The number of rotatable bonds is 4. The standard InChI is InChI=1S/C17H14F2N4O2.C4H11N.2H2/c18-17(19)7-11(8-20)23(10-17)15(24)9-22-16(25)13-5-6-21-14-4-2-1-3-12(13)14;1-4(2)5-3;;/h1-6,11H,7,9-10H2,(H,22,25);4-5H,1-3H3;2*1H. The molecule has 0 bridgehead atoms. The molecule has 1 saturated heterocycles. The SMILES string of the molecule is CNC(C)C.N#CC1CC(F)(F)CN1C(=O)CNC(=O)c1ccnc2ccccc12.[HH].[HH]. The lowest BCUT2D eigenvalue weighted by Crippen LogP contribution is -2.43. The van der Waals surface area contributed by atoms with Gasteiger partial charge in [0.1, 0.15) is 6.04 Å². The van der Waals surface area contributed by atoms with Crippen molar-refractivity contribution in [3.05, 3.63) is 42.1 Å². The summed E-state index contributed by atoms with van der Waals surface area (Å²) in [5, 5.41) is 15.0. The molecule has 2 N–H and O–H groups in total. The maximum absolute atomic E-state index is 13.4. The van der Waals surface area contributed by atoms with E-state index in [1.54, 1.807) is 30.3 Å². The molecular weight excluding hydrogens is 392 g/mol. The molecule has 7 nitrogen and oxygen atoms in total. The number of hydrogen-bond acceptors (Lipinski definition) is 5. The molecule has 1 aliphatic heterocycles. The molecule has 1 aromatic heterocycles. The van der Waals surface area contributed by atoms with Crippen LogP contribution < -0.4 is 10.6 Å². The minimum Gasteiger partial charge on any atom is -0.343 e. The molecule has 0 spiro atoms. The molecular formula is C21H29F2N5O2. The molecule has 164 valence electrons. The summed E-state index contributed by atoms with van der Waals surface area (Å²) in [4.78, 5) is 29.4. The first-order chi connectivity index (χ1) is 14.2. The van der Waals surface area contributed by atoms with E-state index in [1.807, 2.05) is 7.05 Å². The highest BCUT2D eigenvalue weighted by Gasteiger charge is 2.47. The second-order valence-electron chi connectivity index (χ2n) is 7.23. The quantitative estimate of drug-likeness (QED) is 0.791. The fourth-order valence-electron chi connectivity index (χ4n) is 2.84. The van der Waals surface area contributed by atoms with E-state index in [0.29, 0.717) is 22.5 Å². The van der Waals surface area contributed by atoms with Crippen LogP contribution >= 0.6 is 0 Å². The Kier molecular flexibility index (Phi) is 7.78. The first kappa shape index (κ1) is 23.2. The summed E-state index contributed by atoms with van der Waals surface area (Å²) in [5.41, 5.74) is 0.965. The average molecular weight is 421 g/mol. The van der Waals surface area contributed by atoms with Gasteiger partial charge in [-0.1, -0.05) is 32.0 Å². The molecule has 2 amide bonds. The van der Waals surface area contributed by atoms with Gasteiger partial charge in [0.2, 0.25) is 5.91 Å². The van der Waals surface area contributed by atoms with Gasteiger partial charge in [0.15, 0.2) is 0 Å². The van der Waals surface area contributed by atoms with E-state index in [9.17, 15) is 18.4 Å². The second-order valence-corrected chi connectivity index (χ2v) is 7.23. The number of carbonyl (C=O) groups is 2. The van der Waals surface area contributed by atoms with Gasteiger partial charge in [0, 0.05) is 26.9 Å². The number of nitrogens with zero attached hydrogens (tertiary/aromatic N) is 3. The minimum absolute atomic E-state index is 0.